The minimum atomic E-state index is -3.40. The first-order chi connectivity index (χ1) is 10.3. The molecule has 22 heavy (non-hydrogen) atoms. The van der Waals surface area contributed by atoms with Gasteiger partial charge in [-0.1, -0.05) is 13.8 Å². The van der Waals surface area contributed by atoms with Gasteiger partial charge in [-0.3, -0.25) is 4.99 Å². The summed E-state index contributed by atoms with van der Waals surface area (Å²) in [6.07, 6.45) is 1.15. The quantitative estimate of drug-likeness (QED) is 0.926. The van der Waals surface area contributed by atoms with Crippen molar-refractivity contribution in [2.45, 2.75) is 31.9 Å². The van der Waals surface area contributed by atoms with Crippen molar-refractivity contribution in [2.24, 2.45) is 10.9 Å². The highest BCUT2D eigenvalue weighted by molar-refractivity contribution is 7.90. The Kier molecular flexibility index (Phi) is 3.57. The number of hydrogen-bond acceptors (Lipinski definition) is 5. The van der Waals surface area contributed by atoms with Gasteiger partial charge in [0.25, 0.3) is 0 Å². The van der Waals surface area contributed by atoms with Crippen LogP contribution in [0.2, 0.25) is 0 Å². The number of aromatic nitrogens is 2. The van der Waals surface area contributed by atoms with Crippen LogP contribution in [0, 0.1) is 5.92 Å². The Morgan fingerprint density at radius 2 is 2.09 bits per heavy atom. The van der Waals surface area contributed by atoms with Crippen molar-refractivity contribution in [3.8, 4) is 0 Å². The topological polar surface area (TPSA) is 84.5 Å². The third-order valence-electron chi connectivity index (χ3n) is 3.88. The van der Waals surface area contributed by atoms with E-state index in [9.17, 15) is 13.5 Å². The van der Waals surface area contributed by atoms with Crippen LogP contribution in [0.25, 0.3) is 11.0 Å². The highest BCUT2D eigenvalue weighted by atomic mass is 32.2. The van der Waals surface area contributed by atoms with E-state index in [1.54, 1.807) is 12.1 Å². The smallest absolute Gasteiger partial charge is 0.175 e. The Bertz CT molecular complexity index is 879. The molecule has 0 radical (unpaired) electrons. The molecule has 2 aromatic rings. The zero-order chi connectivity index (χ0) is 16.1. The average molecular weight is 321 g/mol. The van der Waals surface area contributed by atoms with E-state index in [0.29, 0.717) is 24.2 Å². The fraction of sp³-hybridized carbons (Fsp3) is 0.467. The van der Waals surface area contributed by atoms with Crippen LogP contribution < -0.4 is 0 Å². The van der Waals surface area contributed by atoms with E-state index in [4.69, 9.17) is 0 Å². The summed E-state index contributed by atoms with van der Waals surface area (Å²) in [6, 6.07) is 3.28. The molecule has 3 rings (SSSR count). The monoisotopic (exact) mass is 321 g/mol. The molecule has 0 aliphatic carbocycles. The van der Waals surface area contributed by atoms with Crippen LogP contribution in [-0.2, 0) is 23.0 Å². The van der Waals surface area contributed by atoms with Gasteiger partial charge in [0, 0.05) is 12.8 Å². The fourth-order valence-electron chi connectivity index (χ4n) is 2.87. The third kappa shape index (κ3) is 2.34. The number of nitrogens with zero attached hydrogens (tertiary/aromatic N) is 3. The molecule has 0 unspecified atom stereocenters. The molecule has 1 aliphatic heterocycles. The molecule has 0 amide bonds. The molecule has 118 valence electrons. The van der Waals surface area contributed by atoms with Gasteiger partial charge in [0.2, 0.25) is 0 Å². The van der Waals surface area contributed by atoms with Crippen LogP contribution in [-0.4, -0.2) is 41.6 Å². The number of sulfone groups is 1. The predicted molar refractivity (Wildman–Crippen MR) is 85.0 cm³/mol. The van der Waals surface area contributed by atoms with Crippen molar-refractivity contribution in [3.63, 3.8) is 0 Å². The molecule has 0 saturated heterocycles. The Balaban J connectivity index is 2.32. The Morgan fingerprint density at radius 3 is 2.68 bits per heavy atom. The van der Waals surface area contributed by atoms with Gasteiger partial charge >= 0.3 is 0 Å². The molecule has 1 aliphatic rings. The molecule has 6 nitrogen and oxygen atoms in total. The number of imidazole rings is 1. The van der Waals surface area contributed by atoms with Crippen molar-refractivity contribution < 1.29 is 13.5 Å². The second-order valence-electron chi connectivity index (χ2n) is 5.89. The minimum Gasteiger partial charge on any atom is -0.392 e. The Morgan fingerprint density at radius 1 is 1.36 bits per heavy atom. The minimum absolute atomic E-state index is 0.166. The molecular weight excluding hydrogens is 302 g/mol. The zero-order valence-corrected chi connectivity index (χ0v) is 13.7. The van der Waals surface area contributed by atoms with E-state index in [1.165, 1.54) is 0 Å². The van der Waals surface area contributed by atoms with Gasteiger partial charge in [-0.2, -0.15) is 0 Å². The van der Waals surface area contributed by atoms with Crippen LogP contribution in [0.4, 0.5) is 0 Å². The summed E-state index contributed by atoms with van der Waals surface area (Å²) in [5.74, 6) is 1.05. The number of fused-ring (bicyclic) bond motifs is 3. The summed E-state index contributed by atoms with van der Waals surface area (Å²) in [5.41, 5.74) is 2.80. The molecule has 2 heterocycles. The standard InChI is InChI=1S/C15H19N3O3S/c1-9(2)14-15-17-11-6-10(8-19)13(22(3,20)21)7-12(11)18(15)5-4-16-14/h6-7,9,19H,4-5,8H2,1-3H3. The van der Waals surface area contributed by atoms with Crippen LogP contribution in [0.15, 0.2) is 22.0 Å². The van der Waals surface area contributed by atoms with E-state index in [2.05, 4.69) is 23.8 Å². The van der Waals surface area contributed by atoms with E-state index >= 15 is 0 Å². The summed E-state index contributed by atoms with van der Waals surface area (Å²) in [6.45, 7) is 5.15. The van der Waals surface area contributed by atoms with E-state index in [0.717, 1.165) is 23.3 Å². The lowest BCUT2D eigenvalue weighted by Crippen LogP contribution is -2.22. The maximum atomic E-state index is 12.0. The fourth-order valence-corrected chi connectivity index (χ4v) is 3.79. The average Bonchev–Trinajstić information content (AvgIpc) is 2.82. The number of aliphatic imine (C=N–C) groups is 1. The van der Waals surface area contributed by atoms with Gasteiger partial charge in [-0.15, -0.1) is 0 Å². The zero-order valence-electron chi connectivity index (χ0n) is 12.9. The SMILES string of the molecule is CC(C)C1=NCCn2c1nc1cc(CO)c(S(C)(=O)=O)cc12. The third-order valence-corrected chi connectivity index (χ3v) is 5.06. The van der Waals surface area contributed by atoms with Crippen molar-refractivity contribution in [3.05, 3.63) is 23.5 Å². The first-order valence-corrected chi connectivity index (χ1v) is 9.11. The van der Waals surface area contributed by atoms with Gasteiger partial charge in [0.15, 0.2) is 15.7 Å². The van der Waals surface area contributed by atoms with Crippen molar-refractivity contribution in [1.82, 2.24) is 9.55 Å². The van der Waals surface area contributed by atoms with E-state index < -0.39 is 9.84 Å². The molecule has 7 heteroatoms. The number of benzene rings is 1. The summed E-state index contributed by atoms with van der Waals surface area (Å²) in [7, 11) is -3.40. The van der Waals surface area contributed by atoms with Crippen LogP contribution in [0.1, 0.15) is 25.2 Å². The lowest BCUT2D eigenvalue weighted by Gasteiger charge is -2.17. The first kappa shape index (κ1) is 15.2. The molecule has 0 spiro atoms. The molecular formula is C15H19N3O3S. The number of hydrogen-bond donors (Lipinski definition) is 1. The predicted octanol–water partition coefficient (Wildman–Crippen LogP) is 1.39. The maximum absolute atomic E-state index is 12.0. The largest absolute Gasteiger partial charge is 0.392 e. The highest BCUT2D eigenvalue weighted by Crippen LogP contribution is 2.27. The molecule has 1 N–H and O–H groups in total. The number of rotatable bonds is 3. The van der Waals surface area contributed by atoms with Gasteiger partial charge < -0.3 is 9.67 Å². The molecule has 0 fully saturated rings. The van der Waals surface area contributed by atoms with Crippen LogP contribution >= 0.6 is 0 Å². The number of aliphatic hydroxyl groups is 1. The summed E-state index contributed by atoms with van der Waals surface area (Å²) in [5, 5.41) is 9.46. The van der Waals surface area contributed by atoms with Gasteiger partial charge in [0.05, 0.1) is 34.8 Å². The highest BCUT2D eigenvalue weighted by Gasteiger charge is 2.23. The van der Waals surface area contributed by atoms with Crippen LogP contribution in [0.5, 0.6) is 0 Å². The molecule has 0 saturated carbocycles. The van der Waals surface area contributed by atoms with Crippen LogP contribution in [0.3, 0.4) is 0 Å². The number of aliphatic hydroxyl groups excluding tert-OH is 1. The second-order valence-corrected chi connectivity index (χ2v) is 7.87. The first-order valence-electron chi connectivity index (χ1n) is 7.21. The van der Waals surface area contributed by atoms with Crippen molar-refractivity contribution in [2.75, 3.05) is 12.8 Å². The maximum Gasteiger partial charge on any atom is 0.175 e. The molecule has 1 aromatic heterocycles. The second kappa shape index (κ2) is 5.17. The molecule has 0 bridgehead atoms. The lowest BCUT2D eigenvalue weighted by atomic mass is 10.1. The summed E-state index contributed by atoms with van der Waals surface area (Å²) in [4.78, 5) is 9.32. The summed E-state index contributed by atoms with van der Waals surface area (Å²) < 4.78 is 25.9. The van der Waals surface area contributed by atoms with Crippen molar-refractivity contribution >= 4 is 26.6 Å². The Hall–Kier alpha value is -1.73. The molecule has 0 atom stereocenters. The van der Waals surface area contributed by atoms with Crippen molar-refractivity contribution in [1.29, 1.82) is 0 Å². The van der Waals surface area contributed by atoms with Gasteiger partial charge in [0.1, 0.15) is 0 Å². The lowest BCUT2D eigenvalue weighted by molar-refractivity contribution is 0.278. The normalized spacial score (nSPS) is 15.2. The molecule has 1 aromatic carbocycles. The van der Waals surface area contributed by atoms with E-state index in [1.807, 2.05) is 4.57 Å². The van der Waals surface area contributed by atoms with Gasteiger partial charge in [-0.05, 0) is 23.6 Å². The Labute approximate surface area is 129 Å². The van der Waals surface area contributed by atoms with E-state index in [-0.39, 0.29) is 17.4 Å². The van der Waals surface area contributed by atoms with Gasteiger partial charge in [-0.25, -0.2) is 13.4 Å². The summed E-state index contributed by atoms with van der Waals surface area (Å²) >= 11 is 0.